The standard InChI is InChI=1S/C16H19F3N4O2/c1-4-25-12-5-6-14(13(7-12)16(17,18)19)21-15(24)22(2)9-11-8-20-23(3)10-11/h5-8,10H,4,9H2,1-3H3,(H,21,24). The van der Waals surface area contributed by atoms with Gasteiger partial charge in [0, 0.05) is 25.9 Å². The van der Waals surface area contributed by atoms with Gasteiger partial charge in [-0.1, -0.05) is 0 Å². The van der Waals surface area contributed by atoms with Crippen molar-refractivity contribution >= 4 is 11.7 Å². The third-order valence-electron chi connectivity index (χ3n) is 3.37. The van der Waals surface area contributed by atoms with E-state index in [0.717, 1.165) is 11.6 Å². The fourth-order valence-corrected chi connectivity index (χ4v) is 2.23. The molecule has 2 rings (SSSR count). The van der Waals surface area contributed by atoms with Crippen LogP contribution in [0.1, 0.15) is 18.1 Å². The maximum Gasteiger partial charge on any atom is 0.418 e. The van der Waals surface area contributed by atoms with Crippen LogP contribution in [-0.2, 0) is 19.8 Å². The van der Waals surface area contributed by atoms with Crippen LogP contribution in [0.25, 0.3) is 0 Å². The zero-order valence-corrected chi connectivity index (χ0v) is 14.1. The first-order valence-electron chi connectivity index (χ1n) is 7.54. The quantitative estimate of drug-likeness (QED) is 0.892. The van der Waals surface area contributed by atoms with Crippen molar-refractivity contribution in [2.75, 3.05) is 19.0 Å². The molecular weight excluding hydrogens is 337 g/mol. The molecule has 9 heteroatoms. The van der Waals surface area contributed by atoms with Crippen LogP contribution in [0.4, 0.5) is 23.7 Å². The van der Waals surface area contributed by atoms with Gasteiger partial charge in [-0.3, -0.25) is 4.68 Å². The van der Waals surface area contributed by atoms with Crippen molar-refractivity contribution in [1.29, 1.82) is 0 Å². The number of ether oxygens (including phenoxy) is 1. The van der Waals surface area contributed by atoms with Gasteiger partial charge in [0.1, 0.15) is 5.75 Å². The van der Waals surface area contributed by atoms with E-state index in [2.05, 4.69) is 10.4 Å². The summed E-state index contributed by atoms with van der Waals surface area (Å²) in [6.45, 7) is 2.14. The summed E-state index contributed by atoms with van der Waals surface area (Å²) < 4.78 is 46.4. The number of aryl methyl sites for hydroxylation is 1. The Hall–Kier alpha value is -2.71. The number of rotatable bonds is 5. The first-order valence-corrected chi connectivity index (χ1v) is 7.54. The fraction of sp³-hybridized carbons (Fsp3) is 0.375. The van der Waals surface area contributed by atoms with Crippen molar-refractivity contribution in [3.8, 4) is 5.75 Å². The highest BCUT2D eigenvalue weighted by Crippen LogP contribution is 2.37. The van der Waals surface area contributed by atoms with Gasteiger partial charge in [0.2, 0.25) is 0 Å². The molecule has 2 amide bonds. The molecule has 25 heavy (non-hydrogen) atoms. The van der Waals surface area contributed by atoms with Crippen LogP contribution in [0.5, 0.6) is 5.75 Å². The Bertz CT molecular complexity index is 743. The van der Waals surface area contributed by atoms with E-state index >= 15 is 0 Å². The topological polar surface area (TPSA) is 59.4 Å². The minimum Gasteiger partial charge on any atom is -0.494 e. The van der Waals surface area contributed by atoms with Crippen LogP contribution < -0.4 is 10.1 Å². The lowest BCUT2D eigenvalue weighted by Gasteiger charge is -2.20. The fourth-order valence-electron chi connectivity index (χ4n) is 2.23. The molecular formula is C16H19F3N4O2. The maximum atomic E-state index is 13.2. The van der Waals surface area contributed by atoms with Gasteiger partial charge in [-0.25, -0.2) is 4.79 Å². The molecule has 0 aliphatic carbocycles. The second-order valence-corrected chi connectivity index (χ2v) is 5.45. The van der Waals surface area contributed by atoms with Crippen molar-refractivity contribution in [1.82, 2.24) is 14.7 Å². The van der Waals surface area contributed by atoms with Crippen molar-refractivity contribution in [3.05, 3.63) is 41.7 Å². The van der Waals surface area contributed by atoms with E-state index in [-0.39, 0.29) is 24.6 Å². The summed E-state index contributed by atoms with van der Waals surface area (Å²) in [5, 5.41) is 6.28. The Morgan fingerprint density at radius 2 is 2.12 bits per heavy atom. The third kappa shape index (κ3) is 4.88. The Labute approximate surface area is 143 Å². The zero-order chi connectivity index (χ0) is 18.6. The van der Waals surface area contributed by atoms with Crippen molar-refractivity contribution in [3.63, 3.8) is 0 Å². The molecule has 6 nitrogen and oxygen atoms in total. The zero-order valence-electron chi connectivity index (χ0n) is 14.1. The van der Waals surface area contributed by atoms with Gasteiger partial charge >= 0.3 is 12.2 Å². The van der Waals surface area contributed by atoms with Crippen LogP contribution >= 0.6 is 0 Å². The Kier molecular flexibility index (Phi) is 5.55. The molecule has 0 aliphatic rings. The number of hydrogen-bond acceptors (Lipinski definition) is 3. The van der Waals surface area contributed by atoms with Gasteiger partial charge < -0.3 is 15.0 Å². The molecule has 0 radical (unpaired) electrons. The number of amides is 2. The molecule has 0 spiro atoms. The number of benzene rings is 1. The van der Waals surface area contributed by atoms with Gasteiger partial charge in [0.15, 0.2) is 0 Å². The highest BCUT2D eigenvalue weighted by molar-refractivity contribution is 5.90. The second kappa shape index (κ2) is 7.45. The van der Waals surface area contributed by atoms with Gasteiger partial charge in [0.25, 0.3) is 0 Å². The highest BCUT2D eigenvalue weighted by atomic mass is 19.4. The van der Waals surface area contributed by atoms with E-state index in [4.69, 9.17) is 4.74 Å². The molecule has 0 fully saturated rings. The third-order valence-corrected chi connectivity index (χ3v) is 3.37. The molecule has 136 valence electrons. The normalized spacial score (nSPS) is 11.3. The number of nitrogens with one attached hydrogen (secondary N) is 1. The van der Waals surface area contributed by atoms with E-state index < -0.39 is 17.8 Å². The van der Waals surface area contributed by atoms with E-state index in [9.17, 15) is 18.0 Å². The van der Waals surface area contributed by atoms with E-state index in [1.54, 1.807) is 31.0 Å². The minimum absolute atomic E-state index is 0.0940. The van der Waals surface area contributed by atoms with Crippen LogP contribution in [0.2, 0.25) is 0 Å². The number of carbonyl (C=O) groups excluding carboxylic acids is 1. The van der Waals surface area contributed by atoms with Crippen molar-refractivity contribution in [2.24, 2.45) is 7.05 Å². The first-order chi connectivity index (χ1) is 11.7. The minimum atomic E-state index is -4.61. The monoisotopic (exact) mass is 356 g/mol. The molecule has 1 aromatic carbocycles. The summed E-state index contributed by atoms with van der Waals surface area (Å²) in [5.74, 6) is 0.0940. The van der Waals surface area contributed by atoms with Gasteiger partial charge in [-0.05, 0) is 25.1 Å². The molecule has 1 aromatic heterocycles. The predicted molar refractivity (Wildman–Crippen MR) is 86.3 cm³/mol. The van der Waals surface area contributed by atoms with Crippen LogP contribution in [0.3, 0.4) is 0 Å². The summed E-state index contributed by atoms with van der Waals surface area (Å²) in [5.41, 5.74) is -0.511. The molecule has 0 saturated heterocycles. The largest absolute Gasteiger partial charge is 0.494 e. The van der Waals surface area contributed by atoms with Crippen LogP contribution in [0.15, 0.2) is 30.6 Å². The van der Waals surface area contributed by atoms with Crippen LogP contribution in [-0.4, -0.2) is 34.4 Å². The number of hydrogen-bond donors (Lipinski definition) is 1. The lowest BCUT2D eigenvalue weighted by molar-refractivity contribution is -0.137. The molecule has 2 aromatic rings. The molecule has 1 N–H and O–H groups in total. The number of urea groups is 1. The van der Waals surface area contributed by atoms with E-state index in [1.807, 2.05) is 0 Å². The SMILES string of the molecule is CCOc1ccc(NC(=O)N(C)Cc2cnn(C)c2)c(C(F)(F)F)c1. The number of halogens is 3. The second-order valence-electron chi connectivity index (χ2n) is 5.45. The highest BCUT2D eigenvalue weighted by Gasteiger charge is 2.34. The number of anilines is 1. The maximum absolute atomic E-state index is 13.2. The van der Waals surface area contributed by atoms with Gasteiger partial charge in [-0.2, -0.15) is 18.3 Å². The molecule has 0 atom stereocenters. The number of alkyl halides is 3. The molecule has 0 bridgehead atoms. The Morgan fingerprint density at radius 3 is 2.68 bits per heavy atom. The van der Waals surface area contributed by atoms with Crippen molar-refractivity contribution in [2.45, 2.75) is 19.6 Å². The number of aromatic nitrogens is 2. The smallest absolute Gasteiger partial charge is 0.418 e. The molecule has 0 unspecified atom stereocenters. The average Bonchev–Trinajstić information content (AvgIpc) is 2.93. The summed E-state index contributed by atoms with van der Waals surface area (Å²) in [4.78, 5) is 13.5. The van der Waals surface area contributed by atoms with Gasteiger partial charge in [0.05, 0.1) is 30.6 Å². The predicted octanol–water partition coefficient (Wildman–Crippen LogP) is 3.50. The van der Waals surface area contributed by atoms with Crippen LogP contribution in [0, 0.1) is 0 Å². The van der Waals surface area contributed by atoms with E-state index in [1.165, 1.54) is 24.1 Å². The van der Waals surface area contributed by atoms with Gasteiger partial charge in [-0.15, -0.1) is 0 Å². The Morgan fingerprint density at radius 1 is 1.40 bits per heavy atom. The summed E-state index contributed by atoms with van der Waals surface area (Å²) in [6.07, 6.45) is -1.30. The lowest BCUT2D eigenvalue weighted by Crippen LogP contribution is -2.31. The van der Waals surface area contributed by atoms with E-state index in [0.29, 0.717) is 0 Å². The number of nitrogens with zero attached hydrogens (tertiary/aromatic N) is 3. The lowest BCUT2D eigenvalue weighted by atomic mass is 10.1. The average molecular weight is 356 g/mol. The Balaban J connectivity index is 2.16. The first kappa shape index (κ1) is 18.6. The summed E-state index contributed by atoms with van der Waals surface area (Å²) in [7, 11) is 3.23. The molecule has 1 heterocycles. The summed E-state index contributed by atoms with van der Waals surface area (Å²) >= 11 is 0. The van der Waals surface area contributed by atoms with Crippen molar-refractivity contribution < 1.29 is 22.7 Å². The number of carbonyl (C=O) groups is 1. The molecule has 0 aliphatic heterocycles. The molecule has 0 saturated carbocycles. The summed E-state index contributed by atoms with van der Waals surface area (Å²) in [6, 6.07) is 2.79.